The molecule has 1 atom stereocenters. The predicted molar refractivity (Wildman–Crippen MR) is 40.2 cm³/mol. The van der Waals surface area contributed by atoms with Gasteiger partial charge in [-0.1, -0.05) is 6.08 Å². The first-order chi connectivity index (χ1) is 4.93. The lowest BCUT2D eigenvalue weighted by Gasteiger charge is -2.43. The van der Waals surface area contributed by atoms with Crippen molar-refractivity contribution in [1.82, 2.24) is 4.90 Å². The molecule has 0 spiro atoms. The Morgan fingerprint density at radius 1 is 1.40 bits per heavy atom. The van der Waals surface area contributed by atoms with Gasteiger partial charge >= 0.3 is 0 Å². The maximum absolute atomic E-state index is 2.46. The van der Waals surface area contributed by atoms with Gasteiger partial charge in [0, 0.05) is 30.8 Å². The molecule has 52 valence electrons. The smallest absolute Gasteiger partial charge is 0.0276 e. The van der Waals surface area contributed by atoms with Crippen molar-refractivity contribution in [2.24, 2.45) is 5.92 Å². The lowest BCUT2D eigenvalue weighted by atomic mass is 9.76. The Labute approximate surface area is 61.0 Å². The summed E-state index contributed by atoms with van der Waals surface area (Å²) in [4.78, 5) is 2.39. The van der Waals surface area contributed by atoms with Crippen molar-refractivity contribution in [3.8, 4) is 0 Å². The van der Waals surface area contributed by atoms with Gasteiger partial charge in [0.05, 0.1) is 0 Å². The van der Waals surface area contributed by atoms with Gasteiger partial charge in [0.1, 0.15) is 0 Å². The molecule has 0 N–H and O–H groups in total. The Bertz CT molecular complexity index is 211. The molecule has 2 aliphatic heterocycles. The van der Waals surface area contributed by atoms with E-state index in [1.807, 2.05) is 0 Å². The highest BCUT2D eigenvalue weighted by Crippen LogP contribution is 2.42. The molecule has 1 saturated carbocycles. The first-order valence-corrected chi connectivity index (χ1v) is 4.11. The van der Waals surface area contributed by atoms with Gasteiger partial charge in [0.25, 0.3) is 0 Å². The number of hydrogen-bond donors (Lipinski definition) is 0. The number of rotatable bonds is 0. The molecule has 3 rings (SSSR count). The van der Waals surface area contributed by atoms with E-state index < -0.39 is 0 Å². The number of allylic oxidation sites excluding steroid dienone is 2. The third-order valence-corrected chi connectivity index (χ3v) is 2.91. The van der Waals surface area contributed by atoms with E-state index in [-0.39, 0.29) is 0 Å². The zero-order chi connectivity index (χ0) is 6.55. The molecule has 1 heteroatoms. The Morgan fingerprint density at radius 3 is 2.90 bits per heavy atom. The first kappa shape index (κ1) is 5.00. The lowest BCUT2D eigenvalue weighted by molar-refractivity contribution is 0.311. The molecule has 1 saturated heterocycles. The summed E-state index contributed by atoms with van der Waals surface area (Å²) in [5.41, 5.74) is 3.25. The maximum Gasteiger partial charge on any atom is 0.0276 e. The summed E-state index contributed by atoms with van der Waals surface area (Å²) in [5.74, 6) is 0.853. The van der Waals surface area contributed by atoms with Gasteiger partial charge in [0.2, 0.25) is 0 Å². The van der Waals surface area contributed by atoms with E-state index in [1.54, 1.807) is 11.3 Å². The van der Waals surface area contributed by atoms with E-state index in [4.69, 9.17) is 0 Å². The van der Waals surface area contributed by atoms with Crippen LogP contribution in [0.1, 0.15) is 19.3 Å². The molecule has 0 aromatic carbocycles. The average Bonchev–Trinajstić information content (AvgIpc) is 1.82. The summed E-state index contributed by atoms with van der Waals surface area (Å²) in [7, 11) is 0. The minimum Gasteiger partial charge on any atom is -0.351 e. The summed E-state index contributed by atoms with van der Waals surface area (Å²) in [6.07, 6.45) is 8.91. The summed E-state index contributed by atoms with van der Waals surface area (Å²) < 4.78 is 0. The van der Waals surface area contributed by atoms with Gasteiger partial charge < -0.3 is 4.90 Å². The molecule has 0 aromatic rings. The van der Waals surface area contributed by atoms with Gasteiger partial charge in [-0.2, -0.15) is 0 Å². The maximum atomic E-state index is 2.46. The minimum absolute atomic E-state index is 0.853. The molecule has 0 amide bonds. The SMILES string of the molecule is C1=C2CCC2C=C2CCN12. The molecule has 1 aliphatic carbocycles. The molecular weight excluding hydrogens is 122 g/mol. The van der Waals surface area contributed by atoms with Crippen molar-refractivity contribution in [1.29, 1.82) is 0 Å². The van der Waals surface area contributed by atoms with E-state index in [0.717, 1.165) is 5.92 Å². The minimum atomic E-state index is 0.853. The van der Waals surface area contributed by atoms with Crippen molar-refractivity contribution < 1.29 is 0 Å². The van der Waals surface area contributed by atoms with Crippen LogP contribution in [0.25, 0.3) is 0 Å². The third-order valence-electron chi connectivity index (χ3n) is 2.91. The van der Waals surface area contributed by atoms with Gasteiger partial charge in [0.15, 0.2) is 0 Å². The first-order valence-electron chi connectivity index (χ1n) is 4.11. The summed E-state index contributed by atoms with van der Waals surface area (Å²) in [6.45, 7) is 1.27. The van der Waals surface area contributed by atoms with E-state index in [9.17, 15) is 0 Å². The predicted octanol–water partition coefficient (Wildman–Crippen LogP) is 1.88. The number of nitrogens with zero attached hydrogens (tertiary/aromatic N) is 1. The van der Waals surface area contributed by atoms with Gasteiger partial charge in [-0.25, -0.2) is 0 Å². The Kier molecular flexibility index (Phi) is 0.735. The zero-order valence-electron chi connectivity index (χ0n) is 6.01. The third kappa shape index (κ3) is 0.449. The van der Waals surface area contributed by atoms with Crippen LogP contribution in [0.2, 0.25) is 0 Å². The van der Waals surface area contributed by atoms with Crippen molar-refractivity contribution in [2.45, 2.75) is 19.3 Å². The monoisotopic (exact) mass is 133 g/mol. The fourth-order valence-corrected chi connectivity index (χ4v) is 1.96. The standard InChI is InChI=1S/C9H11N/c1-2-8-6-10-4-3-9(10)5-7(1)8/h5-7H,1-4H2. The van der Waals surface area contributed by atoms with Gasteiger partial charge in [-0.05, 0) is 18.4 Å². The van der Waals surface area contributed by atoms with E-state index >= 15 is 0 Å². The number of fused-ring (bicyclic) bond motifs is 2. The average molecular weight is 133 g/mol. The summed E-state index contributed by atoms with van der Waals surface area (Å²) in [6, 6.07) is 0. The second kappa shape index (κ2) is 1.47. The molecular formula is C9H11N. The Morgan fingerprint density at radius 2 is 2.40 bits per heavy atom. The van der Waals surface area contributed by atoms with Crippen LogP contribution >= 0.6 is 0 Å². The quantitative estimate of drug-likeness (QED) is 0.487. The molecule has 10 heavy (non-hydrogen) atoms. The van der Waals surface area contributed by atoms with E-state index in [0.29, 0.717) is 0 Å². The van der Waals surface area contributed by atoms with Crippen LogP contribution in [-0.2, 0) is 0 Å². The van der Waals surface area contributed by atoms with E-state index in [1.165, 1.54) is 25.8 Å². The molecule has 0 radical (unpaired) electrons. The summed E-state index contributed by atoms with van der Waals surface area (Å²) in [5, 5.41) is 0. The highest BCUT2D eigenvalue weighted by Gasteiger charge is 2.31. The highest BCUT2D eigenvalue weighted by atomic mass is 15.2. The van der Waals surface area contributed by atoms with Crippen molar-refractivity contribution in [3.63, 3.8) is 0 Å². The Balaban J connectivity index is 1.98. The molecule has 1 unspecified atom stereocenters. The fraction of sp³-hybridized carbons (Fsp3) is 0.556. The van der Waals surface area contributed by atoms with Crippen molar-refractivity contribution >= 4 is 0 Å². The van der Waals surface area contributed by atoms with Crippen molar-refractivity contribution in [3.05, 3.63) is 23.5 Å². The topological polar surface area (TPSA) is 3.24 Å². The summed E-state index contributed by atoms with van der Waals surface area (Å²) >= 11 is 0. The van der Waals surface area contributed by atoms with Crippen LogP contribution in [0.4, 0.5) is 0 Å². The largest absolute Gasteiger partial charge is 0.351 e. The molecule has 0 bridgehead atoms. The van der Waals surface area contributed by atoms with Crippen LogP contribution < -0.4 is 0 Å². The highest BCUT2D eigenvalue weighted by molar-refractivity contribution is 5.32. The molecule has 2 heterocycles. The van der Waals surface area contributed by atoms with Crippen LogP contribution in [0.5, 0.6) is 0 Å². The number of hydrogen-bond acceptors (Lipinski definition) is 1. The normalized spacial score (nSPS) is 34.4. The van der Waals surface area contributed by atoms with Crippen LogP contribution in [0.3, 0.4) is 0 Å². The molecule has 2 fully saturated rings. The van der Waals surface area contributed by atoms with Crippen LogP contribution in [-0.4, -0.2) is 11.4 Å². The van der Waals surface area contributed by atoms with Crippen LogP contribution in [0.15, 0.2) is 23.5 Å². The zero-order valence-corrected chi connectivity index (χ0v) is 6.01. The lowest BCUT2D eigenvalue weighted by Crippen LogP contribution is -2.36. The van der Waals surface area contributed by atoms with Crippen molar-refractivity contribution in [2.75, 3.05) is 6.54 Å². The molecule has 0 aromatic heterocycles. The van der Waals surface area contributed by atoms with Crippen LogP contribution in [0, 0.1) is 5.92 Å². The second-order valence-corrected chi connectivity index (χ2v) is 3.45. The second-order valence-electron chi connectivity index (χ2n) is 3.45. The van der Waals surface area contributed by atoms with Gasteiger partial charge in [-0.15, -0.1) is 0 Å². The molecule has 3 aliphatic rings. The molecule has 1 nitrogen and oxygen atoms in total. The fourth-order valence-electron chi connectivity index (χ4n) is 1.96. The Hall–Kier alpha value is -0.720. The van der Waals surface area contributed by atoms with E-state index in [2.05, 4.69) is 17.2 Å². The van der Waals surface area contributed by atoms with Gasteiger partial charge in [-0.3, -0.25) is 0 Å².